The van der Waals surface area contributed by atoms with E-state index in [0.717, 1.165) is 0 Å². The van der Waals surface area contributed by atoms with Gasteiger partial charge >= 0.3 is 12.0 Å². The number of aromatic nitrogens is 8. The van der Waals surface area contributed by atoms with E-state index in [1.807, 2.05) is 36.4 Å². The van der Waals surface area contributed by atoms with Crippen molar-refractivity contribution in [1.82, 2.24) is 39.0 Å². The Balaban J connectivity index is 1.29. The van der Waals surface area contributed by atoms with E-state index in [-0.39, 0.29) is 23.1 Å². The third-order valence-electron chi connectivity index (χ3n) is 7.45. The number of benzene rings is 3. The summed E-state index contributed by atoms with van der Waals surface area (Å²) in [5.74, 6) is 0.964. The largest absolute Gasteiger partial charge is 0.425 e. The van der Waals surface area contributed by atoms with Crippen LogP contribution in [0, 0.1) is 0 Å². The van der Waals surface area contributed by atoms with E-state index < -0.39 is 0 Å². The van der Waals surface area contributed by atoms with Crippen LogP contribution in [0.5, 0.6) is 23.5 Å². The molecule has 0 fully saturated rings. The Morgan fingerprint density at radius 3 is 1.40 bits per heavy atom. The first-order valence-electron chi connectivity index (χ1n) is 14.5. The van der Waals surface area contributed by atoms with Gasteiger partial charge in [-0.05, 0) is 42.5 Å². The lowest BCUT2D eigenvalue weighted by atomic mass is 10.2. The molecule has 0 aliphatic carbocycles. The average molecular weight is 667 g/mol. The van der Waals surface area contributed by atoms with Gasteiger partial charge in [-0.25, -0.2) is 29.1 Å². The van der Waals surface area contributed by atoms with Crippen molar-refractivity contribution in [2.24, 2.45) is 0 Å². The van der Waals surface area contributed by atoms with Gasteiger partial charge in [0.1, 0.15) is 52.6 Å². The highest BCUT2D eigenvalue weighted by atomic mass is 32.1. The highest BCUT2D eigenvalue weighted by Crippen LogP contribution is 2.33. The molecule has 6 heterocycles. The quantitative estimate of drug-likeness (QED) is 0.189. The fourth-order valence-electron chi connectivity index (χ4n) is 5.35. The molecule has 0 amide bonds. The van der Waals surface area contributed by atoms with Crippen LogP contribution in [-0.2, 0) is 0 Å². The van der Waals surface area contributed by atoms with E-state index in [4.69, 9.17) is 19.4 Å². The Bertz CT molecular complexity index is 2610. The zero-order valence-corrected chi connectivity index (χ0v) is 26.1. The fourth-order valence-corrected chi connectivity index (χ4v) is 7.29. The summed E-state index contributed by atoms with van der Waals surface area (Å²) in [5, 5.41) is 0. The second kappa shape index (κ2) is 11.2. The number of ether oxygens (including phenoxy) is 2. The Morgan fingerprint density at radius 1 is 0.500 bits per heavy atom. The summed E-state index contributed by atoms with van der Waals surface area (Å²) in [6.45, 7) is 0. The number of rotatable bonds is 6. The molecule has 9 aromatic rings. The van der Waals surface area contributed by atoms with Crippen LogP contribution in [0.3, 0.4) is 0 Å². The molecule has 0 saturated carbocycles. The minimum atomic E-state index is -0.379. The molecule has 0 radical (unpaired) electrons. The highest BCUT2D eigenvalue weighted by Gasteiger charge is 2.23. The summed E-state index contributed by atoms with van der Waals surface area (Å²) in [7, 11) is 0. The minimum absolute atomic E-state index is 0.0181. The second-order valence-corrected chi connectivity index (χ2v) is 12.4. The number of hydrogen-bond acceptors (Lipinski definition) is 12. The van der Waals surface area contributed by atoms with E-state index in [1.165, 1.54) is 31.8 Å². The van der Waals surface area contributed by atoms with Crippen molar-refractivity contribution in [2.75, 3.05) is 0 Å². The fraction of sp³-hybridized carbons (Fsp3) is 0. The molecule has 0 unspecified atom stereocenters. The molecule has 14 heteroatoms. The molecule has 230 valence electrons. The van der Waals surface area contributed by atoms with Crippen LogP contribution in [0.4, 0.5) is 0 Å². The molecule has 0 atom stereocenters. The summed E-state index contributed by atoms with van der Waals surface area (Å²) in [6.07, 6.45) is 6.26. The topological polar surface area (TPSA) is 140 Å². The monoisotopic (exact) mass is 666 g/mol. The predicted molar refractivity (Wildman–Crippen MR) is 183 cm³/mol. The van der Waals surface area contributed by atoms with Crippen molar-refractivity contribution in [3.8, 4) is 34.9 Å². The molecule has 48 heavy (non-hydrogen) atoms. The van der Waals surface area contributed by atoms with Gasteiger partial charge < -0.3 is 9.47 Å². The van der Waals surface area contributed by atoms with Gasteiger partial charge in [0.05, 0.1) is 11.4 Å². The van der Waals surface area contributed by atoms with E-state index in [2.05, 4.69) is 19.9 Å². The lowest BCUT2D eigenvalue weighted by Crippen LogP contribution is -2.23. The van der Waals surface area contributed by atoms with Crippen LogP contribution < -0.4 is 20.6 Å². The van der Waals surface area contributed by atoms with Crippen molar-refractivity contribution in [1.29, 1.82) is 0 Å². The van der Waals surface area contributed by atoms with Crippen LogP contribution in [0.1, 0.15) is 0 Å². The van der Waals surface area contributed by atoms with Gasteiger partial charge in [-0.15, -0.1) is 22.7 Å². The Labute approximate surface area is 276 Å². The maximum Gasteiger partial charge on any atom is 0.310 e. The number of para-hydroxylation sites is 2. The lowest BCUT2D eigenvalue weighted by molar-refractivity contribution is 0.426. The standard InChI is InChI=1S/C34H18N8O4S2/c43-31-27-23(25-29(47-27)37-16-14-35-25)39-33(45-21-10-3-1-4-11-21)41(31)19-8-7-9-20(18-19)42-32(44)28-24(26-30(48-28)38-17-15-36-26)40-34(42)46-22-12-5-2-6-13-22/h1-18H. The van der Waals surface area contributed by atoms with Gasteiger partial charge in [0, 0.05) is 24.8 Å². The zero-order valence-electron chi connectivity index (χ0n) is 24.4. The van der Waals surface area contributed by atoms with E-state index >= 15 is 0 Å². The van der Waals surface area contributed by atoms with Crippen LogP contribution >= 0.6 is 22.7 Å². The van der Waals surface area contributed by atoms with Crippen LogP contribution in [0.25, 0.3) is 52.5 Å². The molecule has 0 aliphatic heterocycles. The van der Waals surface area contributed by atoms with Gasteiger partial charge in [0.2, 0.25) is 0 Å². The minimum Gasteiger partial charge on any atom is -0.425 e. The molecular weight excluding hydrogens is 649 g/mol. The number of nitrogens with zero attached hydrogens (tertiary/aromatic N) is 8. The predicted octanol–water partition coefficient (Wildman–Crippen LogP) is 6.68. The maximum atomic E-state index is 14.3. The summed E-state index contributed by atoms with van der Waals surface area (Å²) in [5.41, 5.74) is 1.84. The first-order valence-corrected chi connectivity index (χ1v) is 16.1. The Hall–Kier alpha value is -6.38. The molecule has 0 N–H and O–H groups in total. The number of fused-ring (bicyclic) bond motifs is 6. The van der Waals surface area contributed by atoms with Crippen molar-refractivity contribution in [3.63, 3.8) is 0 Å². The van der Waals surface area contributed by atoms with Crippen molar-refractivity contribution in [3.05, 3.63) is 130 Å². The SMILES string of the molecule is O=c1c2sc3nccnc3c2nc(Oc2ccccc2)n1-c1cccc(-n2c(Oc3ccccc3)nc3c(sc4nccnc43)c2=O)c1. The van der Waals surface area contributed by atoms with Crippen LogP contribution in [0.15, 0.2) is 119 Å². The van der Waals surface area contributed by atoms with Gasteiger partial charge in [0.15, 0.2) is 0 Å². The molecule has 0 saturated heterocycles. The van der Waals surface area contributed by atoms with Gasteiger partial charge in [0.25, 0.3) is 11.1 Å². The molecule has 6 aromatic heterocycles. The third kappa shape index (κ3) is 4.58. The smallest absolute Gasteiger partial charge is 0.310 e. The zero-order chi connectivity index (χ0) is 32.2. The van der Waals surface area contributed by atoms with Crippen molar-refractivity contribution in [2.45, 2.75) is 0 Å². The summed E-state index contributed by atoms with van der Waals surface area (Å²) < 4.78 is 15.9. The summed E-state index contributed by atoms with van der Waals surface area (Å²) in [4.78, 5) is 56.9. The average Bonchev–Trinajstić information content (AvgIpc) is 3.69. The lowest BCUT2D eigenvalue weighted by Gasteiger charge is -2.16. The van der Waals surface area contributed by atoms with Gasteiger partial charge in [-0.1, -0.05) is 42.5 Å². The third-order valence-corrected chi connectivity index (χ3v) is 9.58. The Morgan fingerprint density at radius 2 is 0.938 bits per heavy atom. The van der Waals surface area contributed by atoms with Crippen LogP contribution in [0.2, 0.25) is 0 Å². The first kappa shape index (κ1) is 27.9. The maximum absolute atomic E-state index is 14.3. The number of thiophene rings is 2. The molecule has 9 rings (SSSR count). The normalized spacial score (nSPS) is 11.5. The van der Waals surface area contributed by atoms with Crippen LogP contribution in [-0.4, -0.2) is 39.0 Å². The molecule has 0 aliphatic rings. The summed E-state index contributed by atoms with van der Waals surface area (Å²) in [6, 6.07) is 25.0. The molecule has 3 aromatic carbocycles. The molecule has 0 bridgehead atoms. The second-order valence-electron chi connectivity index (χ2n) is 10.4. The number of hydrogen-bond donors (Lipinski definition) is 0. The van der Waals surface area contributed by atoms with Crippen molar-refractivity contribution < 1.29 is 9.47 Å². The Kier molecular flexibility index (Phi) is 6.48. The van der Waals surface area contributed by atoms with E-state index in [9.17, 15) is 9.59 Å². The summed E-state index contributed by atoms with van der Waals surface area (Å²) >= 11 is 2.40. The van der Waals surface area contributed by atoms with E-state index in [0.29, 0.717) is 64.0 Å². The van der Waals surface area contributed by atoms with Gasteiger partial charge in [-0.2, -0.15) is 9.97 Å². The molecule has 12 nitrogen and oxygen atoms in total. The van der Waals surface area contributed by atoms with Crippen molar-refractivity contribution >= 4 is 63.8 Å². The first-order chi connectivity index (χ1) is 23.6. The molecule has 0 spiro atoms. The highest BCUT2D eigenvalue weighted by molar-refractivity contribution is 7.25. The molecular formula is C34H18N8O4S2. The van der Waals surface area contributed by atoms with Gasteiger partial charge in [-0.3, -0.25) is 9.59 Å². The van der Waals surface area contributed by atoms with E-state index in [1.54, 1.807) is 73.3 Å².